The predicted molar refractivity (Wildman–Crippen MR) is 207 cm³/mol. The van der Waals surface area contributed by atoms with Gasteiger partial charge in [-0.1, -0.05) is 57.5 Å². The Morgan fingerprint density at radius 3 is 1.45 bits per heavy atom. The molecule has 24 heteroatoms. The number of aromatic nitrogens is 2. The molecule has 296 valence electrons. The summed E-state index contributed by atoms with van der Waals surface area (Å²) in [6.45, 7) is 0. The van der Waals surface area contributed by atoms with E-state index in [1.54, 1.807) is 12.1 Å². The standard InChI is InChI=1S/C16H11Cl2F2NO4S2.C15H8BrCl2F2NO2S.CH4O2S.Na/c1-26(22,23)16-10(17)3-2-9-14(6-21-15(9)16)27(24,25)7-8-4-13(20)11(18)5-12(8)19;16-14-9(17)2-1-8-13(5-21-15(8)14)24(22,23)6-7-3-12(20)10(18)4-11(7)19;1-4(2)3;/h2-6,21H,7H2,1H3;1-5,21H,6H2;1H3,(H,2,3);/q;;;+1/p-1. The largest absolute Gasteiger partial charge is 1.00 e. The first kappa shape index (κ1) is 48.6. The maximum absolute atomic E-state index is 14.0. The van der Waals surface area contributed by atoms with E-state index >= 15 is 0 Å². The van der Waals surface area contributed by atoms with Crippen molar-refractivity contribution in [3.63, 3.8) is 0 Å². The van der Waals surface area contributed by atoms with Gasteiger partial charge >= 0.3 is 29.6 Å². The van der Waals surface area contributed by atoms with Gasteiger partial charge in [-0.05, 0) is 70.7 Å². The molecule has 0 radical (unpaired) electrons. The average molecular weight is 1010 g/mol. The van der Waals surface area contributed by atoms with Crippen molar-refractivity contribution in [3.8, 4) is 0 Å². The Labute approximate surface area is 370 Å². The number of aromatic amines is 2. The van der Waals surface area contributed by atoms with E-state index in [4.69, 9.17) is 55.2 Å². The van der Waals surface area contributed by atoms with Gasteiger partial charge in [0.05, 0.1) is 56.9 Å². The Balaban J connectivity index is 0.000000271. The number of hydrogen-bond donors (Lipinski definition) is 2. The smallest absolute Gasteiger partial charge is 0.773 e. The maximum Gasteiger partial charge on any atom is 1.00 e. The van der Waals surface area contributed by atoms with E-state index in [9.17, 15) is 42.8 Å². The first-order valence-electron chi connectivity index (χ1n) is 14.5. The van der Waals surface area contributed by atoms with Crippen LogP contribution in [0.2, 0.25) is 20.1 Å². The summed E-state index contributed by atoms with van der Waals surface area (Å²) in [5.74, 6) is -5.21. The molecule has 0 aliphatic heterocycles. The average Bonchev–Trinajstić information content (AvgIpc) is 3.70. The van der Waals surface area contributed by atoms with Crippen molar-refractivity contribution in [2.75, 3.05) is 12.5 Å². The zero-order valence-electron chi connectivity index (χ0n) is 28.5. The molecule has 6 aromatic rings. The van der Waals surface area contributed by atoms with E-state index in [0.29, 0.717) is 32.5 Å². The second kappa shape index (κ2) is 19.1. The number of rotatable bonds is 7. The zero-order valence-corrected chi connectivity index (χ0v) is 38.4. The van der Waals surface area contributed by atoms with Crippen molar-refractivity contribution < 1.29 is 81.1 Å². The molecule has 2 N–H and O–H groups in total. The molecule has 0 aliphatic rings. The van der Waals surface area contributed by atoms with Gasteiger partial charge in [-0.25, -0.2) is 42.8 Å². The van der Waals surface area contributed by atoms with Gasteiger partial charge < -0.3 is 14.5 Å². The summed E-state index contributed by atoms with van der Waals surface area (Å²) in [6.07, 6.45) is 4.41. The minimum Gasteiger partial charge on any atom is -0.773 e. The normalized spacial score (nSPS) is 12.4. The fourth-order valence-corrected chi connectivity index (χ4v) is 10.5. The molecule has 10 nitrogen and oxygen atoms in total. The Morgan fingerprint density at radius 2 is 1.04 bits per heavy atom. The molecule has 4 aromatic carbocycles. The molecule has 0 amide bonds. The first-order valence-corrected chi connectivity index (χ1v) is 23.5. The van der Waals surface area contributed by atoms with Crippen LogP contribution in [0.4, 0.5) is 17.6 Å². The number of H-pyrrole nitrogens is 2. The van der Waals surface area contributed by atoms with Gasteiger partial charge in [-0.2, -0.15) is 0 Å². The number of nitrogens with one attached hydrogen (secondary N) is 2. The third-order valence-corrected chi connectivity index (χ3v) is 14.3. The first-order chi connectivity index (χ1) is 25.3. The Morgan fingerprint density at radius 1 is 0.661 bits per heavy atom. The van der Waals surface area contributed by atoms with E-state index in [-0.39, 0.29) is 65.7 Å². The second-order valence-corrected chi connectivity index (χ2v) is 20.4. The fraction of sp³-hybridized carbons (Fsp3) is 0.125. The van der Waals surface area contributed by atoms with Crippen LogP contribution in [-0.2, 0) is 52.1 Å². The molecule has 0 saturated heterocycles. The molecule has 0 spiro atoms. The summed E-state index contributed by atoms with van der Waals surface area (Å²) >= 11 is 24.3. The Bertz CT molecular complexity index is 2840. The van der Waals surface area contributed by atoms with Crippen LogP contribution in [0.25, 0.3) is 21.8 Å². The van der Waals surface area contributed by atoms with Crippen molar-refractivity contribution in [3.05, 3.63) is 120 Å². The van der Waals surface area contributed by atoms with Crippen LogP contribution in [0.3, 0.4) is 0 Å². The van der Waals surface area contributed by atoms with Crippen LogP contribution in [0.15, 0.2) is 80.1 Å². The number of halogens is 9. The Hall–Kier alpha value is -1.72. The summed E-state index contributed by atoms with van der Waals surface area (Å²) in [5.41, 5.74) is -0.169. The van der Waals surface area contributed by atoms with Crippen LogP contribution in [-0.4, -0.2) is 56.5 Å². The second-order valence-electron chi connectivity index (χ2n) is 11.3. The number of benzene rings is 4. The minimum absolute atomic E-state index is 0. The molecule has 1 unspecified atom stereocenters. The van der Waals surface area contributed by atoms with Crippen LogP contribution >= 0.6 is 62.3 Å². The van der Waals surface area contributed by atoms with Crippen molar-refractivity contribution in [2.24, 2.45) is 0 Å². The van der Waals surface area contributed by atoms with E-state index in [1.165, 1.54) is 18.3 Å². The summed E-state index contributed by atoms with van der Waals surface area (Å²) in [5, 5.41) is -0.0380. The SMILES string of the molecule is CS(=O)(=O)c1c(Cl)ccc2c(S(=O)(=O)Cc3cc(F)c(Cl)cc3F)c[nH]c12.CS(=O)[O-].O=S(=O)(Cc1cc(F)c(Cl)cc1F)c1c[nH]c2c(Br)c(Cl)ccc12.[Na+]. The van der Waals surface area contributed by atoms with E-state index in [2.05, 4.69) is 25.9 Å². The van der Waals surface area contributed by atoms with Crippen LogP contribution in [0.1, 0.15) is 11.1 Å². The van der Waals surface area contributed by atoms with Crippen LogP contribution in [0.5, 0.6) is 0 Å². The van der Waals surface area contributed by atoms with Gasteiger partial charge in [-0.3, -0.25) is 4.21 Å². The van der Waals surface area contributed by atoms with Gasteiger partial charge in [0.15, 0.2) is 29.5 Å². The minimum atomic E-state index is -4.14. The van der Waals surface area contributed by atoms with Gasteiger partial charge in [0.1, 0.15) is 28.2 Å². The van der Waals surface area contributed by atoms with Crippen molar-refractivity contribution in [1.29, 1.82) is 0 Å². The monoisotopic (exact) mass is 1010 g/mol. The molecule has 0 fully saturated rings. The predicted octanol–water partition coefficient (Wildman–Crippen LogP) is 6.12. The third kappa shape index (κ3) is 11.3. The molecule has 0 bridgehead atoms. The fourth-order valence-electron chi connectivity index (χ4n) is 5.02. The maximum atomic E-state index is 14.0. The molecule has 0 saturated carbocycles. The quantitative estimate of drug-likeness (QED) is 0.0834. The van der Waals surface area contributed by atoms with Crippen molar-refractivity contribution in [2.45, 2.75) is 26.2 Å². The summed E-state index contributed by atoms with van der Waals surface area (Å²) in [7, 11) is -11.8. The van der Waals surface area contributed by atoms with Crippen molar-refractivity contribution in [1.82, 2.24) is 9.97 Å². The molecule has 0 aliphatic carbocycles. The van der Waals surface area contributed by atoms with E-state index in [1.807, 2.05) is 0 Å². The van der Waals surface area contributed by atoms with E-state index < -0.39 is 91.0 Å². The number of hydrogen-bond acceptors (Lipinski definition) is 8. The summed E-state index contributed by atoms with van der Waals surface area (Å²) < 4.78 is 148. The number of fused-ring (bicyclic) bond motifs is 2. The van der Waals surface area contributed by atoms with Gasteiger partial charge in [0.25, 0.3) is 0 Å². The topological polar surface area (TPSA) is 174 Å². The summed E-state index contributed by atoms with van der Waals surface area (Å²) in [6, 6.07) is 8.64. The Kier molecular flexibility index (Phi) is 16.6. The van der Waals surface area contributed by atoms with E-state index in [0.717, 1.165) is 30.8 Å². The summed E-state index contributed by atoms with van der Waals surface area (Å²) in [4.78, 5) is 4.90. The van der Waals surface area contributed by atoms with Crippen LogP contribution < -0.4 is 29.6 Å². The molecular weight excluding hydrogens is 989 g/mol. The molecule has 1 atom stereocenters. The molecular formula is C32H22BrCl4F4N2NaO8S4. The molecule has 2 aromatic heterocycles. The zero-order chi connectivity index (χ0) is 41.4. The number of sulfone groups is 3. The molecule has 6 rings (SSSR count). The van der Waals surface area contributed by atoms with Gasteiger partial charge in [-0.15, -0.1) is 0 Å². The van der Waals surface area contributed by atoms with Gasteiger partial charge in [0, 0.05) is 40.5 Å². The molecule has 2 heterocycles. The van der Waals surface area contributed by atoms with Gasteiger partial charge in [0.2, 0.25) is 0 Å². The molecule has 56 heavy (non-hydrogen) atoms. The third-order valence-electron chi connectivity index (χ3n) is 7.34. The van der Waals surface area contributed by atoms with Crippen LogP contribution in [0, 0.1) is 23.3 Å². The van der Waals surface area contributed by atoms with Crippen molar-refractivity contribution >= 4 is 125 Å².